The highest BCUT2D eigenvalue weighted by atomic mass is 31.2. The molecule has 2 aromatic rings. The van der Waals surface area contributed by atoms with Crippen LogP contribution in [0.2, 0.25) is 0 Å². The van der Waals surface area contributed by atoms with Crippen LogP contribution in [0.3, 0.4) is 0 Å². The molecule has 0 radical (unpaired) electrons. The Balaban J connectivity index is 2.21. The van der Waals surface area contributed by atoms with Crippen molar-refractivity contribution in [2.24, 2.45) is 0 Å². The predicted octanol–water partition coefficient (Wildman–Crippen LogP) is 3.10. The average Bonchev–Trinajstić information content (AvgIpc) is 2.96. The van der Waals surface area contributed by atoms with E-state index in [2.05, 4.69) is 12.2 Å². The SMILES string of the molecule is CC1(P(=O)(c2ccccc2)c2ccccc2)CCCN1. The van der Waals surface area contributed by atoms with Gasteiger partial charge in [0.05, 0.1) is 5.28 Å². The van der Waals surface area contributed by atoms with Gasteiger partial charge in [0.1, 0.15) is 0 Å². The molecule has 1 unspecified atom stereocenters. The van der Waals surface area contributed by atoms with Crippen LogP contribution in [0.5, 0.6) is 0 Å². The molecule has 1 atom stereocenters. The summed E-state index contributed by atoms with van der Waals surface area (Å²) in [7, 11) is -2.69. The molecule has 0 bridgehead atoms. The molecule has 2 nitrogen and oxygen atoms in total. The van der Waals surface area contributed by atoms with Crippen LogP contribution in [0.25, 0.3) is 0 Å². The van der Waals surface area contributed by atoms with Gasteiger partial charge < -0.3 is 9.88 Å². The minimum absolute atomic E-state index is 0.338. The van der Waals surface area contributed by atoms with Gasteiger partial charge in [-0.1, -0.05) is 60.7 Å². The van der Waals surface area contributed by atoms with Crippen LogP contribution in [-0.2, 0) is 4.57 Å². The Bertz CT molecular complexity index is 574. The zero-order valence-corrected chi connectivity index (χ0v) is 12.6. The highest BCUT2D eigenvalue weighted by Gasteiger charge is 2.47. The Morgan fingerprint density at radius 3 is 1.85 bits per heavy atom. The number of nitrogens with one attached hydrogen (secondary N) is 1. The van der Waals surface area contributed by atoms with Gasteiger partial charge in [-0.3, -0.25) is 0 Å². The summed E-state index contributed by atoms with van der Waals surface area (Å²) in [6.45, 7) is 3.06. The van der Waals surface area contributed by atoms with Gasteiger partial charge in [-0.2, -0.15) is 0 Å². The molecule has 0 amide bonds. The van der Waals surface area contributed by atoms with E-state index in [0.29, 0.717) is 0 Å². The van der Waals surface area contributed by atoms with Crippen LogP contribution in [0.15, 0.2) is 60.7 Å². The molecular formula is C17H20NOP. The van der Waals surface area contributed by atoms with Gasteiger partial charge in [0.2, 0.25) is 0 Å². The first-order valence-corrected chi connectivity index (χ1v) is 8.84. The molecule has 2 aromatic carbocycles. The number of rotatable bonds is 3. The van der Waals surface area contributed by atoms with Gasteiger partial charge in [-0.05, 0) is 26.3 Å². The van der Waals surface area contributed by atoms with Crippen molar-refractivity contribution in [1.82, 2.24) is 5.32 Å². The molecule has 1 N–H and O–H groups in total. The molecule has 1 heterocycles. The van der Waals surface area contributed by atoms with Crippen molar-refractivity contribution >= 4 is 17.8 Å². The summed E-state index contributed by atoms with van der Waals surface area (Å²) in [5.74, 6) is 0. The van der Waals surface area contributed by atoms with Gasteiger partial charge in [0.15, 0.2) is 7.14 Å². The number of hydrogen-bond donors (Lipinski definition) is 1. The molecule has 3 heteroatoms. The highest BCUT2D eigenvalue weighted by molar-refractivity contribution is 7.80. The Kier molecular flexibility index (Phi) is 3.54. The lowest BCUT2D eigenvalue weighted by atomic mass is 10.2. The average molecular weight is 285 g/mol. The number of hydrogen-bond acceptors (Lipinski definition) is 2. The van der Waals surface area contributed by atoms with E-state index in [1.807, 2.05) is 60.7 Å². The van der Waals surface area contributed by atoms with Crippen LogP contribution in [0.4, 0.5) is 0 Å². The Hall–Kier alpha value is -1.37. The first kappa shape index (κ1) is 13.6. The lowest BCUT2D eigenvalue weighted by Crippen LogP contribution is -2.43. The quantitative estimate of drug-likeness (QED) is 0.878. The van der Waals surface area contributed by atoms with Crippen molar-refractivity contribution in [1.29, 1.82) is 0 Å². The van der Waals surface area contributed by atoms with Crippen LogP contribution < -0.4 is 15.9 Å². The minimum Gasteiger partial charge on any atom is -0.312 e. The van der Waals surface area contributed by atoms with E-state index >= 15 is 0 Å². The Morgan fingerprint density at radius 1 is 0.950 bits per heavy atom. The summed E-state index contributed by atoms with van der Waals surface area (Å²) in [5, 5.41) is 5.06. The van der Waals surface area contributed by atoms with E-state index in [1.165, 1.54) is 0 Å². The van der Waals surface area contributed by atoms with E-state index in [0.717, 1.165) is 30.0 Å². The first-order chi connectivity index (χ1) is 9.67. The van der Waals surface area contributed by atoms with E-state index in [-0.39, 0.29) is 5.28 Å². The Morgan fingerprint density at radius 2 is 1.45 bits per heavy atom. The van der Waals surface area contributed by atoms with Gasteiger partial charge in [0.25, 0.3) is 0 Å². The lowest BCUT2D eigenvalue weighted by Gasteiger charge is -2.35. The molecule has 1 aliphatic rings. The van der Waals surface area contributed by atoms with Crippen molar-refractivity contribution in [3.8, 4) is 0 Å². The van der Waals surface area contributed by atoms with Crippen molar-refractivity contribution in [2.75, 3.05) is 6.54 Å². The van der Waals surface area contributed by atoms with E-state index in [9.17, 15) is 4.57 Å². The summed E-state index contributed by atoms with van der Waals surface area (Å²) < 4.78 is 14.1. The van der Waals surface area contributed by atoms with Crippen molar-refractivity contribution in [3.63, 3.8) is 0 Å². The molecule has 20 heavy (non-hydrogen) atoms. The standard InChI is InChI=1S/C17H20NOP/c1-17(13-8-14-18-17)20(19,15-9-4-2-5-10-15)16-11-6-3-7-12-16/h2-7,9-12,18H,8,13-14H2,1H3. The summed E-state index contributed by atoms with van der Waals surface area (Å²) in [4.78, 5) is 0. The van der Waals surface area contributed by atoms with Crippen LogP contribution in [-0.4, -0.2) is 11.8 Å². The van der Waals surface area contributed by atoms with Crippen molar-refractivity contribution in [3.05, 3.63) is 60.7 Å². The lowest BCUT2D eigenvalue weighted by molar-refractivity contribution is 0.518. The summed E-state index contributed by atoms with van der Waals surface area (Å²) in [6.07, 6.45) is 2.04. The normalized spacial score (nSPS) is 22.9. The van der Waals surface area contributed by atoms with E-state index in [1.54, 1.807) is 0 Å². The van der Waals surface area contributed by atoms with E-state index in [4.69, 9.17) is 0 Å². The van der Waals surface area contributed by atoms with Crippen LogP contribution >= 0.6 is 7.14 Å². The van der Waals surface area contributed by atoms with Crippen LogP contribution in [0, 0.1) is 0 Å². The maximum Gasteiger partial charge on any atom is 0.161 e. The summed E-state index contributed by atoms with van der Waals surface area (Å²) in [6, 6.07) is 19.8. The van der Waals surface area contributed by atoms with Crippen molar-refractivity contribution < 1.29 is 4.57 Å². The zero-order valence-electron chi connectivity index (χ0n) is 11.8. The first-order valence-electron chi connectivity index (χ1n) is 7.13. The molecule has 1 fully saturated rings. The minimum atomic E-state index is -2.69. The molecular weight excluding hydrogens is 265 g/mol. The second kappa shape index (κ2) is 5.20. The molecule has 1 aliphatic heterocycles. The van der Waals surface area contributed by atoms with Gasteiger partial charge in [0, 0.05) is 10.6 Å². The molecule has 1 saturated heterocycles. The summed E-state index contributed by atoms with van der Waals surface area (Å²) >= 11 is 0. The summed E-state index contributed by atoms with van der Waals surface area (Å²) in [5.41, 5.74) is 0. The third kappa shape index (κ3) is 2.04. The molecule has 0 aromatic heterocycles. The molecule has 104 valence electrons. The third-order valence-electron chi connectivity index (χ3n) is 4.28. The van der Waals surface area contributed by atoms with Gasteiger partial charge in [-0.25, -0.2) is 0 Å². The predicted molar refractivity (Wildman–Crippen MR) is 85.4 cm³/mol. The largest absolute Gasteiger partial charge is 0.312 e. The molecule has 0 saturated carbocycles. The smallest absolute Gasteiger partial charge is 0.161 e. The fourth-order valence-electron chi connectivity index (χ4n) is 3.14. The monoisotopic (exact) mass is 285 g/mol. The molecule has 3 rings (SSSR count). The third-order valence-corrected chi connectivity index (χ3v) is 8.10. The van der Waals surface area contributed by atoms with Crippen molar-refractivity contribution in [2.45, 2.75) is 25.0 Å². The Labute approximate surface area is 120 Å². The fraction of sp³-hybridized carbons (Fsp3) is 0.294. The number of benzene rings is 2. The fourth-order valence-corrected chi connectivity index (χ4v) is 6.57. The molecule has 0 aliphatic carbocycles. The zero-order chi connectivity index (χ0) is 14.1. The topological polar surface area (TPSA) is 29.1 Å². The van der Waals surface area contributed by atoms with Gasteiger partial charge in [-0.15, -0.1) is 0 Å². The van der Waals surface area contributed by atoms with E-state index < -0.39 is 7.14 Å². The maximum absolute atomic E-state index is 14.1. The second-order valence-electron chi connectivity index (χ2n) is 5.58. The highest BCUT2D eigenvalue weighted by Crippen LogP contribution is 2.57. The maximum atomic E-state index is 14.1. The molecule has 0 spiro atoms. The second-order valence-corrected chi connectivity index (χ2v) is 8.82. The van der Waals surface area contributed by atoms with Crippen LogP contribution in [0.1, 0.15) is 19.8 Å². The van der Waals surface area contributed by atoms with Gasteiger partial charge >= 0.3 is 0 Å².